The van der Waals surface area contributed by atoms with E-state index in [0.29, 0.717) is 33.1 Å². The Bertz CT molecular complexity index is 896. The number of amides is 1. The van der Waals surface area contributed by atoms with Crippen molar-refractivity contribution in [3.8, 4) is 11.5 Å². The van der Waals surface area contributed by atoms with Crippen molar-refractivity contribution in [1.82, 2.24) is 5.32 Å². The summed E-state index contributed by atoms with van der Waals surface area (Å²) in [5, 5.41) is 3.77. The third-order valence-corrected chi connectivity index (χ3v) is 4.66. The molecule has 5 nitrogen and oxygen atoms in total. The van der Waals surface area contributed by atoms with Crippen LogP contribution in [0.2, 0.25) is 5.02 Å². The molecule has 0 aliphatic carbocycles. The number of rotatable bonds is 5. The molecule has 0 saturated carbocycles. The highest BCUT2D eigenvalue weighted by Gasteiger charge is 2.24. The van der Waals surface area contributed by atoms with Crippen molar-refractivity contribution in [2.75, 3.05) is 13.7 Å². The Labute approximate surface area is 161 Å². The summed E-state index contributed by atoms with van der Waals surface area (Å²) in [5.74, 6) is 1.11. The average Bonchev–Trinajstić information content (AvgIpc) is 2.96. The fourth-order valence-electron chi connectivity index (χ4n) is 2.37. The average molecular weight is 389 g/mol. The van der Waals surface area contributed by atoms with Crippen LogP contribution in [0.3, 0.4) is 0 Å². The number of para-hydroxylation sites is 1. The summed E-state index contributed by atoms with van der Waals surface area (Å²) in [5.41, 5.74) is 1.40. The molecule has 134 valence electrons. The van der Waals surface area contributed by atoms with Crippen LogP contribution in [0.5, 0.6) is 11.5 Å². The number of carbonyl (C=O) groups is 1. The first-order valence-corrected chi connectivity index (χ1v) is 9.15. The molecule has 3 rings (SSSR count). The second kappa shape index (κ2) is 8.29. The molecule has 0 atom stereocenters. The second-order valence-corrected chi connectivity index (χ2v) is 6.74. The lowest BCUT2D eigenvalue weighted by atomic mass is 10.2. The summed E-state index contributed by atoms with van der Waals surface area (Å²) in [6, 6.07) is 12.7. The molecule has 1 aliphatic heterocycles. The number of hydrogen-bond donors (Lipinski definition) is 1. The van der Waals surface area contributed by atoms with Crippen molar-refractivity contribution in [2.24, 2.45) is 4.99 Å². The molecule has 1 heterocycles. The summed E-state index contributed by atoms with van der Waals surface area (Å²) in [6.45, 7) is 2.48. The number of hydrogen-bond acceptors (Lipinski definition) is 5. The molecule has 1 N–H and O–H groups in total. The largest absolute Gasteiger partial charge is 0.494 e. The molecule has 0 bridgehead atoms. The predicted molar refractivity (Wildman–Crippen MR) is 106 cm³/mol. The van der Waals surface area contributed by atoms with Gasteiger partial charge in [0, 0.05) is 10.6 Å². The van der Waals surface area contributed by atoms with Gasteiger partial charge in [-0.2, -0.15) is 0 Å². The van der Waals surface area contributed by atoms with Crippen LogP contribution < -0.4 is 14.8 Å². The Morgan fingerprint density at radius 2 is 2.04 bits per heavy atom. The van der Waals surface area contributed by atoms with E-state index in [-0.39, 0.29) is 5.91 Å². The zero-order chi connectivity index (χ0) is 18.5. The molecular formula is C19H17ClN2O3S. The van der Waals surface area contributed by atoms with E-state index in [2.05, 4.69) is 10.3 Å². The van der Waals surface area contributed by atoms with E-state index >= 15 is 0 Å². The molecule has 26 heavy (non-hydrogen) atoms. The number of carbonyl (C=O) groups excluding carboxylic acids is 1. The van der Waals surface area contributed by atoms with Gasteiger partial charge in [-0.05, 0) is 49.0 Å². The molecule has 1 amide bonds. The molecule has 0 aromatic heterocycles. The lowest BCUT2D eigenvalue weighted by Crippen LogP contribution is -2.19. The minimum atomic E-state index is -0.207. The molecule has 1 fully saturated rings. The van der Waals surface area contributed by atoms with Gasteiger partial charge in [-0.25, -0.2) is 4.99 Å². The molecule has 2 aromatic rings. The molecular weight excluding hydrogens is 372 g/mol. The Morgan fingerprint density at radius 3 is 2.81 bits per heavy atom. The van der Waals surface area contributed by atoms with Gasteiger partial charge in [0.1, 0.15) is 17.2 Å². The highest BCUT2D eigenvalue weighted by atomic mass is 35.5. The van der Waals surface area contributed by atoms with E-state index in [9.17, 15) is 4.79 Å². The number of ether oxygens (including phenoxy) is 2. The van der Waals surface area contributed by atoms with Crippen molar-refractivity contribution < 1.29 is 14.3 Å². The smallest absolute Gasteiger partial charge is 0.264 e. The monoisotopic (exact) mass is 388 g/mol. The lowest BCUT2D eigenvalue weighted by Gasteiger charge is -2.06. The van der Waals surface area contributed by atoms with E-state index in [1.54, 1.807) is 31.4 Å². The van der Waals surface area contributed by atoms with Gasteiger partial charge in [0.15, 0.2) is 5.17 Å². The number of benzene rings is 2. The van der Waals surface area contributed by atoms with Crippen LogP contribution in [0.1, 0.15) is 12.5 Å². The first kappa shape index (κ1) is 18.4. The van der Waals surface area contributed by atoms with Crippen molar-refractivity contribution in [2.45, 2.75) is 6.92 Å². The Kier molecular flexibility index (Phi) is 5.85. The SMILES string of the molecule is CCOc1ccccc1/C=C1\SC(=Nc2cc(Cl)ccc2OC)NC1=O. The van der Waals surface area contributed by atoms with Crippen LogP contribution in [0.25, 0.3) is 6.08 Å². The Balaban J connectivity index is 1.89. The van der Waals surface area contributed by atoms with E-state index in [1.165, 1.54) is 11.8 Å². The summed E-state index contributed by atoms with van der Waals surface area (Å²) in [6.07, 6.45) is 1.79. The molecule has 0 unspecified atom stereocenters. The number of amidine groups is 1. The molecule has 1 aliphatic rings. The van der Waals surface area contributed by atoms with Crippen LogP contribution in [-0.2, 0) is 4.79 Å². The van der Waals surface area contributed by atoms with Crippen LogP contribution in [0, 0.1) is 0 Å². The van der Waals surface area contributed by atoms with E-state index in [4.69, 9.17) is 21.1 Å². The van der Waals surface area contributed by atoms with Gasteiger partial charge in [-0.15, -0.1) is 0 Å². The van der Waals surface area contributed by atoms with Gasteiger partial charge < -0.3 is 14.8 Å². The van der Waals surface area contributed by atoms with Crippen molar-refractivity contribution in [3.05, 3.63) is 58.0 Å². The number of halogens is 1. The fourth-order valence-corrected chi connectivity index (χ4v) is 3.36. The zero-order valence-corrected chi connectivity index (χ0v) is 15.9. The molecule has 7 heteroatoms. The zero-order valence-electron chi connectivity index (χ0n) is 14.3. The maximum absolute atomic E-state index is 12.3. The standard InChI is InChI=1S/C19H17ClN2O3S/c1-3-25-15-7-5-4-6-12(15)10-17-18(23)22-19(26-17)21-14-11-13(20)8-9-16(14)24-2/h4-11H,3H2,1-2H3,(H,21,22,23)/b17-10-. The highest BCUT2D eigenvalue weighted by molar-refractivity contribution is 8.18. The minimum Gasteiger partial charge on any atom is -0.494 e. The van der Waals surface area contributed by atoms with E-state index in [1.807, 2.05) is 31.2 Å². The fraction of sp³-hybridized carbons (Fsp3) is 0.158. The maximum Gasteiger partial charge on any atom is 0.264 e. The van der Waals surface area contributed by atoms with Crippen molar-refractivity contribution >= 4 is 46.2 Å². The second-order valence-electron chi connectivity index (χ2n) is 5.27. The summed E-state index contributed by atoms with van der Waals surface area (Å²) < 4.78 is 10.9. The van der Waals surface area contributed by atoms with Gasteiger partial charge in [0.2, 0.25) is 0 Å². The van der Waals surface area contributed by atoms with Crippen LogP contribution in [0.15, 0.2) is 52.4 Å². The molecule has 0 spiro atoms. The number of aliphatic imine (C=N–C) groups is 1. The summed E-state index contributed by atoms with van der Waals surface area (Å²) >= 11 is 7.28. The Morgan fingerprint density at radius 1 is 1.23 bits per heavy atom. The van der Waals surface area contributed by atoms with Crippen LogP contribution >= 0.6 is 23.4 Å². The first-order valence-electron chi connectivity index (χ1n) is 7.95. The lowest BCUT2D eigenvalue weighted by molar-refractivity contribution is -0.115. The predicted octanol–water partition coefficient (Wildman–Crippen LogP) is 4.64. The Hall–Kier alpha value is -2.44. The van der Waals surface area contributed by atoms with Crippen LogP contribution in [-0.4, -0.2) is 24.8 Å². The van der Waals surface area contributed by atoms with Gasteiger partial charge in [0.05, 0.1) is 18.6 Å². The third-order valence-electron chi connectivity index (χ3n) is 3.52. The van der Waals surface area contributed by atoms with Gasteiger partial charge in [-0.3, -0.25) is 4.79 Å². The first-order chi connectivity index (χ1) is 12.6. The highest BCUT2D eigenvalue weighted by Crippen LogP contribution is 2.34. The topological polar surface area (TPSA) is 59.9 Å². The van der Waals surface area contributed by atoms with E-state index < -0.39 is 0 Å². The number of thioether (sulfide) groups is 1. The summed E-state index contributed by atoms with van der Waals surface area (Å²) in [7, 11) is 1.56. The van der Waals surface area contributed by atoms with Crippen molar-refractivity contribution in [3.63, 3.8) is 0 Å². The van der Waals surface area contributed by atoms with E-state index in [0.717, 1.165) is 11.3 Å². The molecule has 2 aromatic carbocycles. The third kappa shape index (κ3) is 4.20. The quantitative estimate of drug-likeness (QED) is 0.758. The molecule has 1 saturated heterocycles. The number of nitrogens with one attached hydrogen (secondary N) is 1. The van der Waals surface area contributed by atoms with Gasteiger partial charge in [-0.1, -0.05) is 29.8 Å². The van der Waals surface area contributed by atoms with Gasteiger partial charge >= 0.3 is 0 Å². The minimum absolute atomic E-state index is 0.207. The number of methoxy groups -OCH3 is 1. The maximum atomic E-state index is 12.3. The van der Waals surface area contributed by atoms with Gasteiger partial charge in [0.25, 0.3) is 5.91 Å². The molecule has 0 radical (unpaired) electrons. The normalized spacial score (nSPS) is 16.8. The van der Waals surface area contributed by atoms with Crippen LogP contribution in [0.4, 0.5) is 5.69 Å². The summed E-state index contributed by atoms with van der Waals surface area (Å²) in [4.78, 5) is 17.3. The number of nitrogens with zero attached hydrogens (tertiary/aromatic N) is 1. The van der Waals surface area contributed by atoms with Crippen molar-refractivity contribution in [1.29, 1.82) is 0 Å².